The van der Waals surface area contributed by atoms with E-state index in [-0.39, 0.29) is 35.4 Å². The van der Waals surface area contributed by atoms with Gasteiger partial charge in [0.2, 0.25) is 0 Å². The summed E-state index contributed by atoms with van der Waals surface area (Å²) < 4.78 is 0. The van der Waals surface area contributed by atoms with Crippen LogP contribution in [0.25, 0.3) is 0 Å². The second kappa shape index (κ2) is 11.4. The number of nitrogens with one attached hydrogen (secondary N) is 3. The molecule has 0 atom stereocenters. The first-order chi connectivity index (χ1) is 12.8. The van der Waals surface area contributed by atoms with Crippen LogP contribution in [0.4, 0.5) is 0 Å². The van der Waals surface area contributed by atoms with Crippen LogP contribution in [0, 0.1) is 6.92 Å². The van der Waals surface area contributed by atoms with E-state index in [9.17, 15) is 4.79 Å². The number of carbonyl (C=O) groups excluding carboxylic acids is 1. The Kier molecular flexibility index (Phi) is 9.95. The Morgan fingerprint density at radius 2 is 1.89 bits per heavy atom. The quantitative estimate of drug-likeness (QED) is 0.303. The summed E-state index contributed by atoms with van der Waals surface area (Å²) >= 11 is 1.78. The predicted octanol–water partition coefficient (Wildman–Crippen LogP) is 4.46. The monoisotopic (exact) mass is 514 g/mol. The number of halogens is 1. The Morgan fingerprint density at radius 1 is 1.14 bits per heavy atom. The molecule has 28 heavy (non-hydrogen) atoms. The number of nitrogens with zero attached hydrogens (tertiary/aromatic N) is 1. The van der Waals surface area contributed by atoms with Crippen LogP contribution in [0.5, 0.6) is 0 Å². The van der Waals surface area contributed by atoms with E-state index in [2.05, 4.69) is 40.0 Å². The van der Waals surface area contributed by atoms with Gasteiger partial charge in [0.15, 0.2) is 5.96 Å². The van der Waals surface area contributed by atoms with Crippen LogP contribution < -0.4 is 16.0 Å². The van der Waals surface area contributed by atoms with E-state index in [1.165, 1.54) is 9.75 Å². The van der Waals surface area contributed by atoms with Crippen LogP contribution in [0.3, 0.4) is 0 Å². The van der Waals surface area contributed by atoms with Gasteiger partial charge in [-0.2, -0.15) is 0 Å². The van der Waals surface area contributed by atoms with Crippen molar-refractivity contribution in [3.63, 3.8) is 0 Å². The van der Waals surface area contributed by atoms with Crippen molar-refractivity contribution in [1.29, 1.82) is 0 Å². The maximum Gasteiger partial charge on any atom is 0.251 e. The van der Waals surface area contributed by atoms with Crippen molar-refractivity contribution in [2.45, 2.75) is 53.2 Å². The van der Waals surface area contributed by atoms with Crippen molar-refractivity contribution >= 4 is 47.2 Å². The summed E-state index contributed by atoms with van der Waals surface area (Å²) in [4.78, 5) is 19.6. The smallest absolute Gasteiger partial charge is 0.251 e. The van der Waals surface area contributed by atoms with Gasteiger partial charge in [-0.1, -0.05) is 12.1 Å². The van der Waals surface area contributed by atoms with Gasteiger partial charge < -0.3 is 16.0 Å². The highest BCUT2D eigenvalue weighted by Gasteiger charge is 2.15. The summed E-state index contributed by atoms with van der Waals surface area (Å²) in [5, 5.41) is 9.61. The van der Waals surface area contributed by atoms with Gasteiger partial charge in [0, 0.05) is 27.4 Å². The molecule has 0 fully saturated rings. The van der Waals surface area contributed by atoms with Crippen molar-refractivity contribution in [3.8, 4) is 0 Å². The molecule has 0 spiro atoms. The lowest BCUT2D eigenvalue weighted by atomic mass is 10.1. The summed E-state index contributed by atoms with van der Waals surface area (Å²) in [6, 6.07) is 11.9. The zero-order valence-electron chi connectivity index (χ0n) is 17.3. The number of rotatable bonds is 6. The van der Waals surface area contributed by atoms with Crippen LogP contribution in [0.15, 0.2) is 41.4 Å². The molecule has 0 saturated heterocycles. The van der Waals surface area contributed by atoms with Crippen molar-refractivity contribution in [1.82, 2.24) is 16.0 Å². The number of hydrogen-bond acceptors (Lipinski definition) is 3. The molecule has 3 N–H and O–H groups in total. The minimum Gasteiger partial charge on any atom is -0.357 e. The maximum absolute atomic E-state index is 12.3. The fraction of sp³-hybridized carbons (Fsp3) is 0.429. The van der Waals surface area contributed by atoms with Crippen molar-refractivity contribution in [2.24, 2.45) is 4.99 Å². The Morgan fingerprint density at radius 3 is 2.50 bits per heavy atom. The SMILES string of the molecule is CCNC(=NCc1cccc(C(=O)NC(C)(C)C)c1)NCc1ccc(C)s1.I. The second-order valence-electron chi connectivity index (χ2n) is 7.47. The van der Waals surface area contributed by atoms with E-state index >= 15 is 0 Å². The van der Waals surface area contributed by atoms with Crippen molar-refractivity contribution in [2.75, 3.05) is 6.54 Å². The molecule has 0 bridgehead atoms. The van der Waals surface area contributed by atoms with Crippen LogP contribution in [0.2, 0.25) is 0 Å². The molecule has 0 unspecified atom stereocenters. The fourth-order valence-corrected chi connectivity index (χ4v) is 3.32. The molecule has 5 nitrogen and oxygen atoms in total. The van der Waals surface area contributed by atoms with Gasteiger partial charge in [-0.05, 0) is 64.4 Å². The third-order valence-electron chi connectivity index (χ3n) is 3.67. The summed E-state index contributed by atoms with van der Waals surface area (Å²) in [6.07, 6.45) is 0. The number of thiophene rings is 1. The summed E-state index contributed by atoms with van der Waals surface area (Å²) in [5.74, 6) is 0.708. The van der Waals surface area contributed by atoms with Crippen molar-refractivity contribution in [3.05, 3.63) is 57.3 Å². The highest BCUT2D eigenvalue weighted by Crippen LogP contribution is 2.14. The van der Waals surface area contributed by atoms with E-state index in [4.69, 9.17) is 0 Å². The van der Waals surface area contributed by atoms with Crippen LogP contribution >= 0.6 is 35.3 Å². The fourth-order valence-electron chi connectivity index (χ4n) is 2.49. The maximum atomic E-state index is 12.3. The standard InChI is InChI=1S/C21H30N4OS.HI/c1-6-22-20(24-14-18-11-10-15(2)27-18)23-13-16-8-7-9-17(12-16)19(26)25-21(3,4)5;/h7-12H,6,13-14H2,1-5H3,(H,25,26)(H2,22,23,24);1H. The van der Waals surface area contributed by atoms with Gasteiger partial charge >= 0.3 is 0 Å². The number of amides is 1. The van der Waals surface area contributed by atoms with E-state index in [0.29, 0.717) is 12.1 Å². The zero-order valence-corrected chi connectivity index (χ0v) is 20.4. The molecule has 2 rings (SSSR count). The lowest BCUT2D eigenvalue weighted by Crippen LogP contribution is -2.40. The Labute approximate surface area is 189 Å². The van der Waals surface area contributed by atoms with Gasteiger partial charge in [0.25, 0.3) is 5.91 Å². The van der Waals surface area contributed by atoms with Crippen LogP contribution in [-0.2, 0) is 13.1 Å². The third-order valence-corrected chi connectivity index (χ3v) is 4.67. The summed E-state index contributed by atoms with van der Waals surface area (Å²) in [6.45, 7) is 12.1. The number of carbonyl (C=O) groups is 1. The Balaban J connectivity index is 0.00000392. The molecule has 1 aromatic heterocycles. The van der Waals surface area contributed by atoms with Gasteiger partial charge in [-0.3, -0.25) is 4.79 Å². The van der Waals surface area contributed by atoms with Crippen LogP contribution in [0.1, 0.15) is 53.4 Å². The molecule has 1 heterocycles. The Bertz CT molecular complexity index is 796. The average molecular weight is 514 g/mol. The molecule has 0 radical (unpaired) electrons. The molecule has 0 aliphatic carbocycles. The molecule has 0 saturated carbocycles. The summed E-state index contributed by atoms with van der Waals surface area (Å²) in [5.41, 5.74) is 1.40. The topological polar surface area (TPSA) is 65.5 Å². The molecule has 0 aliphatic heterocycles. The molecule has 7 heteroatoms. The van der Waals surface area contributed by atoms with Crippen LogP contribution in [-0.4, -0.2) is 24.0 Å². The largest absolute Gasteiger partial charge is 0.357 e. The first-order valence-electron chi connectivity index (χ1n) is 9.26. The van der Waals surface area contributed by atoms with Gasteiger partial charge in [-0.15, -0.1) is 35.3 Å². The molecule has 2 aromatic rings. The van der Waals surface area contributed by atoms with Gasteiger partial charge in [0.1, 0.15) is 0 Å². The first-order valence-corrected chi connectivity index (χ1v) is 10.1. The second-order valence-corrected chi connectivity index (χ2v) is 8.84. The zero-order chi connectivity index (χ0) is 19.9. The van der Waals surface area contributed by atoms with E-state index in [0.717, 1.165) is 24.6 Å². The molecule has 1 aromatic carbocycles. The minimum atomic E-state index is -0.256. The average Bonchev–Trinajstić information content (AvgIpc) is 3.01. The first kappa shape index (κ1) is 24.4. The molecule has 154 valence electrons. The Hall–Kier alpha value is -1.61. The number of aryl methyl sites for hydroxylation is 1. The lowest BCUT2D eigenvalue weighted by molar-refractivity contribution is 0.0919. The number of hydrogen-bond donors (Lipinski definition) is 3. The molecule has 1 amide bonds. The number of benzene rings is 1. The molecular weight excluding hydrogens is 483 g/mol. The predicted molar refractivity (Wildman–Crippen MR) is 130 cm³/mol. The summed E-state index contributed by atoms with van der Waals surface area (Å²) in [7, 11) is 0. The minimum absolute atomic E-state index is 0. The third kappa shape index (κ3) is 8.60. The van der Waals surface area contributed by atoms with E-state index in [1.807, 2.05) is 52.0 Å². The molecule has 0 aliphatic rings. The highest BCUT2D eigenvalue weighted by molar-refractivity contribution is 14.0. The molecular formula is C21H31IN4OS. The number of aliphatic imine (C=N–C) groups is 1. The van der Waals surface area contributed by atoms with E-state index < -0.39 is 0 Å². The van der Waals surface area contributed by atoms with E-state index in [1.54, 1.807) is 11.3 Å². The normalized spacial score (nSPS) is 11.5. The lowest BCUT2D eigenvalue weighted by Gasteiger charge is -2.20. The van der Waals surface area contributed by atoms with Gasteiger partial charge in [0.05, 0.1) is 13.1 Å². The number of guanidine groups is 1. The van der Waals surface area contributed by atoms with Crippen molar-refractivity contribution < 1.29 is 4.79 Å². The highest BCUT2D eigenvalue weighted by atomic mass is 127. The van der Waals surface area contributed by atoms with Gasteiger partial charge in [-0.25, -0.2) is 4.99 Å².